The monoisotopic (exact) mass is 285 g/mol. The van der Waals surface area contributed by atoms with Gasteiger partial charge in [-0.25, -0.2) is 0 Å². The van der Waals surface area contributed by atoms with Gasteiger partial charge in [-0.3, -0.25) is 4.79 Å². The van der Waals surface area contributed by atoms with Crippen LogP contribution in [0.15, 0.2) is 42.5 Å². The molecule has 2 aromatic rings. The fraction of sp³-hybridized carbons (Fsp3) is 0.188. The molecule has 2 aromatic carbocycles. The van der Waals surface area contributed by atoms with Gasteiger partial charge >= 0.3 is 0 Å². The van der Waals surface area contributed by atoms with Crippen molar-refractivity contribution in [3.63, 3.8) is 0 Å². The van der Waals surface area contributed by atoms with Crippen LogP contribution in [0.2, 0.25) is 0 Å². The second-order valence-electron chi connectivity index (χ2n) is 4.75. The van der Waals surface area contributed by atoms with Crippen molar-refractivity contribution >= 4 is 11.6 Å². The number of amides is 1. The van der Waals surface area contributed by atoms with E-state index in [0.717, 1.165) is 5.56 Å². The number of anilines is 1. The molecule has 5 heteroatoms. The van der Waals surface area contributed by atoms with E-state index >= 15 is 0 Å². The largest absolute Gasteiger partial charge is 0.508 e. The molecule has 2 N–H and O–H groups in total. The van der Waals surface area contributed by atoms with Crippen molar-refractivity contribution in [3.05, 3.63) is 48.0 Å². The Bertz CT molecular complexity index is 652. The summed E-state index contributed by atoms with van der Waals surface area (Å²) in [5.74, 6) is 1.39. The van der Waals surface area contributed by atoms with E-state index in [2.05, 4.69) is 5.32 Å². The maximum absolute atomic E-state index is 12.0. The molecular weight excluding hydrogens is 270 g/mol. The third-order valence-electron chi connectivity index (χ3n) is 3.13. The Morgan fingerprint density at radius 3 is 2.52 bits per heavy atom. The van der Waals surface area contributed by atoms with Crippen molar-refractivity contribution in [2.75, 3.05) is 18.5 Å². The highest BCUT2D eigenvalue weighted by atomic mass is 16.6. The van der Waals surface area contributed by atoms with Crippen molar-refractivity contribution in [1.29, 1.82) is 0 Å². The number of ether oxygens (including phenoxy) is 2. The number of carbonyl (C=O) groups is 1. The van der Waals surface area contributed by atoms with E-state index in [1.54, 1.807) is 42.5 Å². The molecule has 0 aromatic heterocycles. The fourth-order valence-electron chi connectivity index (χ4n) is 2.13. The molecule has 0 radical (unpaired) electrons. The van der Waals surface area contributed by atoms with E-state index in [1.165, 1.54) is 0 Å². The lowest BCUT2D eigenvalue weighted by molar-refractivity contribution is -0.115. The van der Waals surface area contributed by atoms with Gasteiger partial charge in [0.15, 0.2) is 11.5 Å². The molecule has 0 bridgehead atoms. The number of rotatable bonds is 3. The van der Waals surface area contributed by atoms with Crippen molar-refractivity contribution in [3.8, 4) is 17.2 Å². The van der Waals surface area contributed by atoms with E-state index in [0.29, 0.717) is 30.4 Å². The number of nitrogens with one attached hydrogen (secondary N) is 1. The van der Waals surface area contributed by atoms with Crippen LogP contribution in [0.5, 0.6) is 17.2 Å². The average Bonchev–Trinajstić information content (AvgIpc) is 2.49. The Labute approximate surface area is 122 Å². The van der Waals surface area contributed by atoms with Crippen LogP contribution in [0.3, 0.4) is 0 Å². The minimum absolute atomic E-state index is 0.127. The zero-order valence-corrected chi connectivity index (χ0v) is 11.3. The average molecular weight is 285 g/mol. The van der Waals surface area contributed by atoms with E-state index in [4.69, 9.17) is 9.47 Å². The smallest absolute Gasteiger partial charge is 0.228 e. The first kappa shape index (κ1) is 13.3. The topological polar surface area (TPSA) is 67.8 Å². The summed E-state index contributed by atoms with van der Waals surface area (Å²) in [4.78, 5) is 12.0. The molecule has 0 fully saturated rings. The highest BCUT2D eigenvalue weighted by molar-refractivity contribution is 5.92. The van der Waals surface area contributed by atoms with Gasteiger partial charge in [0.05, 0.1) is 6.42 Å². The Morgan fingerprint density at radius 2 is 1.76 bits per heavy atom. The summed E-state index contributed by atoms with van der Waals surface area (Å²) in [6.45, 7) is 1.05. The predicted molar refractivity (Wildman–Crippen MR) is 77.9 cm³/mol. The first-order valence-corrected chi connectivity index (χ1v) is 6.68. The summed E-state index contributed by atoms with van der Waals surface area (Å²) in [6.07, 6.45) is 0.245. The van der Waals surface area contributed by atoms with Crippen molar-refractivity contribution < 1.29 is 19.4 Å². The van der Waals surface area contributed by atoms with Crippen LogP contribution in [0, 0.1) is 0 Å². The van der Waals surface area contributed by atoms with Crippen LogP contribution in [0.1, 0.15) is 5.56 Å². The molecule has 3 rings (SSSR count). The molecule has 1 heterocycles. The lowest BCUT2D eigenvalue weighted by Crippen LogP contribution is -2.17. The predicted octanol–water partition coefficient (Wildman–Crippen LogP) is 2.34. The van der Waals surface area contributed by atoms with Gasteiger partial charge in [0.25, 0.3) is 0 Å². The number of benzene rings is 2. The zero-order chi connectivity index (χ0) is 14.7. The minimum Gasteiger partial charge on any atom is -0.508 e. The summed E-state index contributed by atoms with van der Waals surface area (Å²) >= 11 is 0. The van der Waals surface area contributed by atoms with Gasteiger partial charge < -0.3 is 19.9 Å². The fourth-order valence-corrected chi connectivity index (χ4v) is 2.13. The van der Waals surface area contributed by atoms with Gasteiger partial charge in [-0.15, -0.1) is 0 Å². The van der Waals surface area contributed by atoms with Crippen molar-refractivity contribution in [2.45, 2.75) is 6.42 Å². The number of phenolic OH excluding ortho intramolecular Hbond substituents is 1. The van der Waals surface area contributed by atoms with Gasteiger partial charge in [-0.2, -0.15) is 0 Å². The highest BCUT2D eigenvalue weighted by Crippen LogP contribution is 2.32. The summed E-state index contributed by atoms with van der Waals surface area (Å²) in [6, 6.07) is 11.9. The van der Waals surface area contributed by atoms with Crippen LogP contribution in [0.25, 0.3) is 0 Å². The number of fused-ring (bicyclic) bond motifs is 1. The quantitative estimate of drug-likeness (QED) is 0.908. The number of aromatic hydroxyl groups is 1. The molecule has 1 amide bonds. The molecule has 21 heavy (non-hydrogen) atoms. The van der Waals surface area contributed by atoms with Crippen LogP contribution >= 0.6 is 0 Å². The number of phenols is 1. The third kappa shape index (κ3) is 3.25. The molecule has 1 aliphatic rings. The normalized spacial score (nSPS) is 12.8. The molecule has 0 aliphatic carbocycles. The molecule has 0 spiro atoms. The zero-order valence-electron chi connectivity index (χ0n) is 11.3. The molecule has 0 saturated carbocycles. The lowest BCUT2D eigenvalue weighted by Gasteiger charge is -2.19. The molecule has 0 atom stereocenters. The van der Waals surface area contributed by atoms with Gasteiger partial charge in [-0.05, 0) is 29.8 Å². The third-order valence-corrected chi connectivity index (χ3v) is 3.13. The van der Waals surface area contributed by atoms with Crippen molar-refractivity contribution in [2.24, 2.45) is 0 Å². The SMILES string of the molecule is O=C(Cc1ccc(O)cc1)Nc1ccc2c(c1)OCCO2. The summed E-state index contributed by atoms with van der Waals surface area (Å²) in [7, 11) is 0. The molecule has 0 unspecified atom stereocenters. The standard InChI is InChI=1S/C16H15NO4/c18-13-4-1-11(2-5-13)9-16(19)17-12-3-6-14-15(10-12)21-8-7-20-14/h1-6,10,18H,7-9H2,(H,17,19). The minimum atomic E-state index is -0.127. The van der Waals surface area contributed by atoms with Crippen LogP contribution in [-0.4, -0.2) is 24.2 Å². The van der Waals surface area contributed by atoms with Gasteiger partial charge in [0, 0.05) is 11.8 Å². The second kappa shape index (κ2) is 5.75. The second-order valence-corrected chi connectivity index (χ2v) is 4.75. The maximum Gasteiger partial charge on any atom is 0.228 e. The van der Waals surface area contributed by atoms with E-state index in [9.17, 15) is 9.90 Å². The van der Waals surface area contributed by atoms with E-state index in [1.807, 2.05) is 0 Å². The first-order valence-electron chi connectivity index (χ1n) is 6.68. The summed E-state index contributed by atoms with van der Waals surface area (Å²) < 4.78 is 10.9. The van der Waals surface area contributed by atoms with E-state index in [-0.39, 0.29) is 18.1 Å². The maximum atomic E-state index is 12.0. The van der Waals surface area contributed by atoms with Crippen LogP contribution < -0.4 is 14.8 Å². The van der Waals surface area contributed by atoms with Gasteiger partial charge in [0.2, 0.25) is 5.91 Å². The molecule has 5 nitrogen and oxygen atoms in total. The molecular formula is C16H15NO4. The van der Waals surface area contributed by atoms with Crippen LogP contribution in [-0.2, 0) is 11.2 Å². The molecule has 108 valence electrons. The van der Waals surface area contributed by atoms with E-state index < -0.39 is 0 Å². The summed E-state index contributed by atoms with van der Waals surface area (Å²) in [5, 5.41) is 12.0. The lowest BCUT2D eigenvalue weighted by atomic mass is 10.1. The Morgan fingerprint density at radius 1 is 1.05 bits per heavy atom. The highest BCUT2D eigenvalue weighted by Gasteiger charge is 2.12. The number of hydrogen-bond acceptors (Lipinski definition) is 4. The Balaban J connectivity index is 1.65. The first-order chi connectivity index (χ1) is 10.2. The summed E-state index contributed by atoms with van der Waals surface area (Å²) in [5.41, 5.74) is 1.51. The Hall–Kier alpha value is -2.69. The molecule has 1 aliphatic heterocycles. The van der Waals surface area contributed by atoms with Crippen molar-refractivity contribution in [1.82, 2.24) is 0 Å². The Kier molecular flexibility index (Phi) is 3.64. The molecule has 0 saturated heterocycles. The van der Waals surface area contributed by atoms with Gasteiger partial charge in [-0.1, -0.05) is 12.1 Å². The van der Waals surface area contributed by atoms with Crippen LogP contribution in [0.4, 0.5) is 5.69 Å². The number of hydrogen-bond donors (Lipinski definition) is 2. The van der Waals surface area contributed by atoms with Gasteiger partial charge in [0.1, 0.15) is 19.0 Å². The number of carbonyl (C=O) groups excluding carboxylic acids is 1.